The van der Waals surface area contributed by atoms with Crippen molar-refractivity contribution in [3.8, 4) is 0 Å². The predicted molar refractivity (Wildman–Crippen MR) is 74.9 cm³/mol. The van der Waals surface area contributed by atoms with E-state index in [4.69, 9.17) is 4.74 Å². The molecule has 0 aliphatic carbocycles. The molecule has 1 aromatic carbocycles. The van der Waals surface area contributed by atoms with E-state index in [0.29, 0.717) is 5.56 Å². The molecule has 6 nitrogen and oxygen atoms in total. The summed E-state index contributed by atoms with van der Waals surface area (Å²) in [4.78, 5) is 34.6. The molecule has 0 amide bonds. The van der Waals surface area contributed by atoms with Crippen molar-refractivity contribution in [2.24, 2.45) is 0 Å². The quantitative estimate of drug-likeness (QED) is 0.584. The molecule has 2 heterocycles. The highest BCUT2D eigenvalue weighted by Crippen LogP contribution is 2.12. The smallest absolute Gasteiger partial charge is 0.338 e. The monoisotopic (exact) mass is 281 g/mol. The molecule has 2 aromatic heterocycles. The summed E-state index contributed by atoms with van der Waals surface area (Å²) in [6.45, 7) is -0.336. The third-order valence-electron chi connectivity index (χ3n) is 2.94. The van der Waals surface area contributed by atoms with Crippen LogP contribution in [0.1, 0.15) is 20.8 Å². The second-order valence-corrected chi connectivity index (χ2v) is 4.35. The van der Waals surface area contributed by atoms with E-state index in [1.165, 1.54) is 6.20 Å². The number of aromatic amines is 1. The van der Waals surface area contributed by atoms with Crippen molar-refractivity contribution in [1.29, 1.82) is 0 Å². The summed E-state index contributed by atoms with van der Waals surface area (Å²) < 4.78 is 5.01. The molecule has 0 bridgehead atoms. The van der Waals surface area contributed by atoms with Gasteiger partial charge in [-0.1, -0.05) is 6.07 Å². The van der Waals surface area contributed by atoms with Crippen LogP contribution >= 0.6 is 0 Å². The number of nitrogens with one attached hydrogen (secondary N) is 1. The Kier molecular flexibility index (Phi) is 3.42. The zero-order valence-corrected chi connectivity index (χ0v) is 10.9. The minimum Gasteiger partial charge on any atom is -0.454 e. The summed E-state index contributed by atoms with van der Waals surface area (Å²) in [5.41, 5.74) is 2.13. The average Bonchev–Trinajstić information content (AvgIpc) is 3.00. The molecule has 0 spiro atoms. The first-order chi connectivity index (χ1) is 10.2. The number of pyridine rings is 1. The second-order valence-electron chi connectivity index (χ2n) is 4.35. The van der Waals surface area contributed by atoms with Crippen LogP contribution in [-0.2, 0) is 4.74 Å². The molecule has 104 valence electrons. The first kappa shape index (κ1) is 13.0. The number of aromatic nitrogens is 3. The van der Waals surface area contributed by atoms with Gasteiger partial charge >= 0.3 is 5.97 Å². The number of imidazole rings is 1. The van der Waals surface area contributed by atoms with Crippen LogP contribution in [0.4, 0.5) is 0 Å². The Balaban J connectivity index is 1.67. The molecule has 3 rings (SSSR count). The van der Waals surface area contributed by atoms with Crippen molar-refractivity contribution in [1.82, 2.24) is 15.0 Å². The van der Waals surface area contributed by atoms with Crippen LogP contribution in [0.25, 0.3) is 11.0 Å². The molecule has 1 N–H and O–H groups in total. The predicted octanol–water partition coefficient (Wildman–Crippen LogP) is 2.00. The van der Waals surface area contributed by atoms with Crippen LogP contribution in [-0.4, -0.2) is 33.3 Å². The summed E-state index contributed by atoms with van der Waals surface area (Å²) in [5.74, 6) is -0.901. The van der Waals surface area contributed by atoms with Gasteiger partial charge < -0.3 is 9.72 Å². The zero-order valence-electron chi connectivity index (χ0n) is 10.9. The lowest BCUT2D eigenvalue weighted by Crippen LogP contribution is -2.15. The Morgan fingerprint density at radius 2 is 2.05 bits per heavy atom. The van der Waals surface area contributed by atoms with Gasteiger partial charge in [0.25, 0.3) is 0 Å². The molecule has 0 unspecified atom stereocenters. The fourth-order valence-electron chi connectivity index (χ4n) is 1.88. The van der Waals surface area contributed by atoms with Crippen molar-refractivity contribution in [2.75, 3.05) is 6.61 Å². The van der Waals surface area contributed by atoms with Gasteiger partial charge in [-0.3, -0.25) is 9.78 Å². The van der Waals surface area contributed by atoms with Crippen molar-refractivity contribution < 1.29 is 14.3 Å². The molecule has 0 radical (unpaired) electrons. The van der Waals surface area contributed by atoms with Crippen molar-refractivity contribution in [3.05, 3.63) is 60.2 Å². The summed E-state index contributed by atoms with van der Waals surface area (Å²) in [7, 11) is 0. The number of H-pyrrole nitrogens is 1. The minimum atomic E-state index is -0.559. The lowest BCUT2D eigenvalue weighted by atomic mass is 10.2. The summed E-state index contributed by atoms with van der Waals surface area (Å²) >= 11 is 0. The molecule has 0 saturated heterocycles. The number of ketones is 1. The number of carbonyl (C=O) groups excluding carboxylic acids is 2. The van der Waals surface area contributed by atoms with Crippen LogP contribution in [0.2, 0.25) is 0 Å². The lowest BCUT2D eigenvalue weighted by molar-refractivity contribution is 0.0473. The van der Waals surface area contributed by atoms with Crippen LogP contribution in [0.5, 0.6) is 0 Å². The summed E-state index contributed by atoms with van der Waals surface area (Å²) in [6.07, 6.45) is 3.06. The number of ether oxygens (including phenoxy) is 1. The van der Waals surface area contributed by atoms with E-state index in [2.05, 4.69) is 15.0 Å². The van der Waals surface area contributed by atoms with Crippen LogP contribution < -0.4 is 0 Å². The molecular formula is C15H11N3O3. The van der Waals surface area contributed by atoms with Crippen LogP contribution in [0.3, 0.4) is 0 Å². The van der Waals surface area contributed by atoms with E-state index in [0.717, 1.165) is 11.0 Å². The fourth-order valence-corrected chi connectivity index (χ4v) is 1.88. The van der Waals surface area contributed by atoms with Gasteiger partial charge in [-0.25, -0.2) is 9.78 Å². The van der Waals surface area contributed by atoms with E-state index < -0.39 is 5.97 Å². The highest BCUT2D eigenvalue weighted by molar-refractivity contribution is 5.98. The maximum atomic E-state index is 11.9. The first-order valence-corrected chi connectivity index (χ1v) is 6.28. The van der Waals surface area contributed by atoms with Gasteiger partial charge in [0.05, 0.1) is 22.9 Å². The number of hydrogen-bond donors (Lipinski definition) is 1. The molecule has 0 aliphatic heterocycles. The number of carbonyl (C=O) groups is 2. The highest BCUT2D eigenvalue weighted by atomic mass is 16.5. The molecule has 0 atom stereocenters. The number of rotatable bonds is 4. The van der Waals surface area contributed by atoms with Crippen molar-refractivity contribution in [2.45, 2.75) is 0 Å². The van der Waals surface area contributed by atoms with Gasteiger partial charge in [0.1, 0.15) is 5.69 Å². The average molecular weight is 281 g/mol. The number of fused-ring (bicyclic) bond motifs is 1. The molecule has 3 aromatic rings. The Morgan fingerprint density at radius 1 is 1.14 bits per heavy atom. The Labute approximate surface area is 119 Å². The molecule has 6 heteroatoms. The first-order valence-electron chi connectivity index (χ1n) is 6.28. The van der Waals surface area contributed by atoms with Crippen molar-refractivity contribution >= 4 is 22.8 Å². The number of hydrogen-bond acceptors (Lipinski definition) is 5. The summed E-state index contributed by atoms with van der Waals surface area (Å²) in [5, 5.41) is 0. The molecule has 0 aliphatic rings. The minimum absolute atomic E-state index is 0.273. The maximum absolute atomic E-state index is 11.9. The van der Waals surface area contributed by atoms with E-state index in [-0.39, 0.29) is 18.1 Å². The third kappa shape index (κ3) is 2.79. The van der Waals surface area contributed by atoms with Gasteiger partial charge in [0.15, 0.2) is 6.61 Å². The van der Waals surface area contributed by atoms with Crippen molar-refractivity contribution in [3.63, 3.8) is 0 Å². The SMILES string of the molecule is O=C(OCC(=O)c1ccccn1)c1ccc2nc[nH]c2c1. The number of esters is 1. The van der Waals surface area contributed by atoms with E-state index in [1.54, 1.807) is 42.7 Å². The van der Waals surface area contributed by atoms with E-state index in [9.17, 15) is 9.59 Å². The van der Waals surface area contributed by atoms with Crippen LogP contribution in [0.15, 0.2) is 48.9 Å². The van der Waals surface area contributed by atoms with E-state index in [1.807, 2.05) is 0 Å². The van der Waals surface area contributed by atoms with Gasteiger partial charge in [-0.05, 0) is 30.3 Å². The fraction of sp³-hybridized carbons (Fsp3) is 0.0667. The van der Waals surface area contributed by atoms with E-state index >= 15 is 0 Å². The molecular weight excluding hydrogens is 270 g/mol. The van der Waals surface area contributed by atoms with Crippen LogP contribution in [0, 0.1) is 0 Å². The second kappa shape index (κ2) is 5.54. The number of nitrogens with zero attached hydrogens (tertiary/aromatic N) is 2. The Bertz CT molecular complexity index is 796. The van der Waals surface area contributed by atoms with Gasteiger partial charge in [0.2, 0.25) is 5.78 Å². The largest absolute Gasteiger partial charge is 0.454 e. The Hall–Kier alpha value is -3.02. The lowest BCUT2D eigenvalue weighted by Gasteiger charge is -2.04. The zero-order chi connectivity index (χ0) is 14.7. The number of benzene rings is 1. The standard InChI is InChI=1S/C15H11N3O3/c19-14(12-3-1-2-6-16-12)8-21-15(20)10-4-5-11-13(7-10)18-9-17-11/h1-7,9H,8H2,(H,17,18). The highest BCUT2D eigenvalue weighted by Gasteiger charge is 2.13. The third-order valence-corrected chi connectivity index (χ3v) is 2.94. The molecule has 21 heavy (non-hydrogen) atoms. The maximum Gasteiger partial charge on any atom is 0.338 e. The topological polar surface area (TPSA) is 84.9 Å². The van der Waals surface area contributed by atoms with Gasteiger partial charge in [0, 0.05) is 6.20 Å². The molecule has 0 saturated carbocycles. The Morgan fingerprint density at radius 3 is 2.86 bits per heavy atom. The normalized spacial score (nSPS) is 10.5. The summed E-state index contributed by atoms with van der Waals surface area (Å²) in [6, 6.07) is 9.94. The number of Topliss-reactive ketones (excluding diaryl/α,β-unsaturated/α-hetero) is 1. The van der Waals surface area contributed by atoms with Gasteiger partial charge in [-0.15, -0.1) is 0 Å². The molecule has 0 fully saturated rings. The van der Waals surface area contributed by atoms with Gasteiger partial charge in [-0.2, -0.15) is 0 Å².